The van der Waals surface area contributed by atoms with Crippen LogP contribution in [0, 0.1) is 0 Å². The Morgan fingerprint density at radius 1 is 0.775 bits per heavy atom. The van der Waals surface area contributed by atoms with Gasteiger partial charge in [-0.25, -0.2) is 9.59 Å². The van der Waals surface area contributed by atoms with Crippen molar-refractivity contribution in [2.24, 2.45) is 0 Å². The number of benzene rings is 2. The molecule has 1 unspecified atom stereocenters. The van der Waals surface area contributed by atoms with Crippen molar-refractivity contribution < 1.29 is 38.0 Å². The lowest BCUT2D eigenvalue weighted by atomic mass is 9.91. The van der Waals surface area contributed by atoms with Crippen LogP contribution in [0.1, 0.15) is 71.9 Å². The minimum atomic E-state index is -0.542. The molecule has 0 fully saturated rings. The molecule has 0 saturated carbocycles. The molecule has 0 heterocycles. The summed E-state index contributed by atoms with van der Waals surface area (Å²) in [6.07, 6.45) is 4.41. The third kappa shape index (κ3) is 8.53. The van der Waals surface area contributed by atoms with E-state index in [1.165, 1.54) is 6.08 Å². The number of ether oxygens (including phenoxy) is 6. The normalized spacial score (nSPS) is 11.6. The first-order valence-corrected chi connectivity index (χ1v) is 13.8. The van der Waals surface area contributed by atoms with E-state index in [1.54, 1.807) is 25.1 Å². The quantitative estimate of drug-likeness (QED) is 0.125. The zero-order valence-electron chi connectivity index (χ0n) is 24.8. The van der Waals surface area contributed by atoms with Gasteiger partial charge in [0.1, 0.15) is 0 Å². The number of hydrogen-bond acceptors (Lipinski definition) is 8. The average Bonchev–Trinajstić information content (AvgIpc) is 2.92. The Morgan fingerprint density at radius 3 is 1.88 bits per heavy atom. The summed E-state index contributed by atoms with van der Waals surface area (Å²) in [5, 5.41) is 0. The van der Waals surface area contributed by atoms with Gasteiger partial charge >= 0.3 is 11.9 Å². The molecule has 1 atom stereocenters. The first kappa shape index (κ1) is 32.3. The van der Waals surface area contributed by atoms with Crippen molar-refractivity contribution in [3.63, 3.8) is 0 Å². The van der Waals surface area contributed by atoms with E-state index in [0.717, 1.165) is 17.5 Å². The maximum atomic E-state index is 12.3. The minimum absolute atomic E-state index is 0.0683. The van der Waals surface area contributed by atoms with Gasteiger partial charge in [0.15, 0.2) is 23.0 Å². The fourth-order valence-corrected chi connectivity index (χ4v) is 4.00. The highest BCUT2D eigenvalue weighted by Gasteiger charge is 2.25. The summed E-state index contributed by atoms with van der Waals surface area (Å²) in [4.78, 5) is 24.5. The fraction of sp³-hybridized carbons (Fsp3) is 0.438. The summed E-state index contributed by atoms with van der Waals surface area (Å²) in [5.41, 5.74) is 2.03. The van der Waals surface area contributed by atoms with Crippen LogP contribution < -0.4 is 28.4 Å². The average molecular weight is 555 g/mol. The van der Waals surface area contributed by atoms with E-state index in [-0.39, 0.29) is 17.2 Å². The van der Waals surface area contributed by atoms with Crippen LogP contribution >= 0.6 is 0 Å². The van der Waals surface area contributed by atoms with Crippen molar-refractivity contribution in [1.82, 2.24) is 0 Å². The molecule has 8 heteroatoms. The standard InChI is InChI=1S/C32H42O8/c1-9-14-15-27(33)39-25-18-16-23(28(35-10-2)30(25)37-12-4)20-22(8)24-17-19-26(40-32(34)21(6)7)31(38-13-5)29(24)36-11-3/h14-19,22H,6,9-13,20H2,1-5,7-8H3. The molecule has 2 aromatic carbocycles. The number of hydrogen-bond donors (Lipinski definition) is 0. The molecular weight excluding hydrogens is 512 g/mol. The van der Waals surface area contributed by atoms with Gasteiger partial charge in [0.25, 0.3) is 0 Å². The van der Waals surface area contributed by atoms with Crippen molar-refractivity contribution in [3.8, 4) is 34.5 Å². The maximum absolute atomic E-state index is 12.3. The third-order valence-corrected chi connectivity index (χ3v) is 5.73. The molecule has 0 aliphatic heterocycles. The van der Waals surface area contributed by atoms with Gasteiger partial charge in [0, 0.05) is 17.2 Å². The predicted octanol–water partition coefficient (Wildman–Crippen LogP) is 6.98. The highest BCUT2D eigenvalue weighted by molar-refractivity contribution is 5.89. The predicted molar refractivity (Wildman–Crippen MR) is 155 cm³/mol. The second-order valence-corrected chi connectivity index (χ2v) is 8.93. The van der Waals surface area contributed by atoms with Crippen LogP contribution in [0.4, 0.5) is 0 Å². The molecule has 218 valence electrons. The Hall–Kier alpha value is -3.94. The van der Waals surface area contributed by atoms with Gasteiger partial charge in [-0.05, 0) is 71.1 Å². The van der Waals surface area contributed by atoms with Gasteiger partial charge in [0.2, 0.25) is 11.5 Å². The Balaban J connectivity index is 2.55. The number of carbonyl (C=O) groups excluding carboxylic acids is 2. The molecular formula is C32H42O8. The molecule has 0 saturated heterocycles. The van der Waals surface area contributed by atoms with Crippen LogP contribution in [0.15, 0.2) is 48.6 Å². The van der Waals surface area contributed by atoms with Crippen LogP contribution in [-0.2, 0) is 16.0 Å². The molecule has 2 rings (SSSR count). The number of esters is 2. The Kier molecular flexibility index (Phi) is 13.1. The highest BCUT2D eigenvalue weighted by Crippen LogP contribution is 2.46. The maximum Gasteiger partial charge on any atom is 0.338 e. The number of allylic oxidation sites excluding steroid dienone is 1. The molecule has 0 spiro atoms. The second-order valence-electron chi connectivity index (χ2n) is 8.93. The Bertz CT molecular complexity index is 1200. The summed E-state index contributed by atoms with van der Waals surface area (Å²) in [6, 6.07) is 7.19. The lowest BCUT2D eigenvalue weighted by Gasteiger charge is -2.23. The van der Waals surface area contributed by atoms with Gasteiger partial charge in [-0.15, -0.1) is 0 Å². The third-order valence-electron chi connectivity index (χ3n) is 5.73. The minimum Gasteiger partial charge on any atom is -0.490 e. The molecule has 40 heavy (non-hydrogen) atoms. The van der Waals surface area contributed by atoms with E-state index in [4.69, 9.17) is 28.4 Å². The molecule has 0 aromatic heterocycles. The van der Waals surface area contributed by atoms with Crippen LogP contribution in [-0.4, -0.2) is 38.4 Å². The van der Waals surface area contributed by atoms with Crippen molar-refractivity contribution in [2.75, 3.05) is 26.4 Å². The van der Waals surface area contributed by atoms with Crippen molar-refractivity contribution in [3.05, 3.63) is 59.7 Å². The molecule has 0 aliphatic carbocycles. The number of rotatable bonds is 16. The molecule has 0 aliphatic rings. The smallest absolute Gasteiger partial charge is 0.338 e. The summed E-state index contributed by atoms with van der Waals surface area (Å²) in [7, 11) is 0. The lowest BCUT2D eigenvalue weighted by Crippen LogP contribution is -2.12. The van der Waals surface area contributed by atoms with E-state index >= 15 is 0 Å². The van der Waals surface area contributed by atoms with Gasteiger partial charge in [0.05, 0.1) is 26.4 Å². The first-order chi connectivity index (χ1) is 19.2. The summed E-state index contributed by atoms with van der Waals surface area (Å²) in [5.74, 6) is 1.26. The summed E-state index contributed by atoms with van der Waals surface area (Å²) < 4.78 is 35.0. The molecule has 0 bridgehead atoms. The van der Waals surface area contributed by atoms with E-state index < -0.39 is 11.9 Å². The highest BCUT2D eigenvalue weighted by atomic mass is 16.6. The summed E-state index contributed by atoms with van der Waals surface area (Å²) >= 11 is 0. The van der Waals surface area contributed by atoms with Gasteiger partial charge in [-0.3, -0.25) is 0 Å². The molecule has 0 radical (unpaired) electrons. The van der Waals surface area contributed by atoms with E-state index in [2.05, 4.69) is 13.5 Å². The first-order valence-electron chi connectivity index (χ1n) is 13.8. The second kappa shape index (κ2) is 16.2. The SMILES string of the molecule is C=C(C)C(=O)Oc1ccc(C(C)Cc2ccc(OC(=O)C=CCC)c(OCC)c2OCC)c(OCC)c1OCC. The summed E-state index contributed by atoms with van der Waals surface area (Å²) in [6.45, 7) is 18.2. The van der Waals surface area contributed by atoms with Crippen LogP contribution in [0.25, 0.3) is 0 Å². The zero-order chi connectivity index (χ0) is 29.7. The Morgan fingerprint density at radius 2 is 1.30 bits per heavy atom. The fourth-order valence-electron chi connectivity index (χ4n) is 4.00. The van der Waals surface area contributed by atoms with Crippen LogP contribution in [0.3, 0.4) is 0 Å². The Labute approximate surface area is 237 Å². The molecule has 0 N–H and O–H groups in total. The molecule has 8 nitrogen and oxygen atoms in total. The monoisotopic (exact) mass is 554 g/mol. The zero-order valence-corrected chi connectivity index (χ0v) is 24.8. The van der Waals surface area contributed by atoms with E-state index in [1.807, 2.05) is 46.8 Å². The van der Waals surface area contributed by atoms with Crippen LogP contribution in [0.2, 0.25) is 0 Å². The van der Waals surface area contributed by atoms with E-state index in [0.29, 0.717) is 61.6 Å². The van der Waals surface area contributed by atoms with Gasteiger partial charge < -0.3 is 28.4 Å². The molecule has 0 amide bonds. The van der Waals surface area contributed by atoms with Gasteiger partial charge in [-0.1, -0.05) is 38.6 Å². The van der Waals surface area contributed by atoms with Crippen molar-refractivity contribution in [1.29, 1.82) is 0 Å². The van der Waals surface area contributed by atoms with Crippen LogP contribution in [0.5, 0.6) is 34.5 Å². The largest absolute Gasteiger partial charge is 0.490 e. The number of carbonyl (C=O) groups is 2. The van der Waals surface area contributed by atoms with Crippen molar-refractivity contribution in [2.45, 2.75) is 67.2 Å². The lowest BCUT2D eigenvalue weighted by molar-refractivity contribution is -0.130. The van der Waals surface area contributed by atoms with Gasteiger partial charge in [-0.2, -0.15) is 0 Å². The topological polar surface area (TPSA) is 89.5 Å². The van der Waals surface area contributed by atoms with E-state index in [9.17, 15) is 9.59 Å². The molecule has 2 aromatic rings. The van der Waals surface area contributed by atoms with Crippen molar-refractivity contribution >= 4 is 11.9 Å².